The van der Waals surface area contributed by atoms with Crippen LogP contribution in [0.2, 0.25) is 0 Å². The molecule has 38 heavy (non-hydrogen) atoms. The number of halogens is 1. The number of benzene rings is 1. The maximum Gasteiger partial charge on any atom is 0.281 e. The van der Waals surface area contributed by atoms with Crippen LogP contribution in [0.25, 0.3) is 11.3 Å². The number of pyridine rings is 1. The second-order valence-electron chi connectivity index (χ2n) is 10.5. The number of nitrogens with zero attached hydrogens (tertiary/aromatic N) is 3. The van der Waals surface area contributed by atoms with Crippen LogP contribution in [-0.2, 0) is 10.0 Å². The number of amides is 1. The summed E-state index contributed by atoms with van der Waals surface area (Å²) in [5, 5.41) is 5.81. The summed E-state index contributed by atoms with van der Waals surface area (Å²) in [6, 6.07) is 8.86. The molecule has 2 aromatic heterocycles. The molecule has 1 saturated carbocycles. The van der Waals surface area contributed by atoms with Crippen LogP contribution in [0.15, 0.2) is 47.6 Å². The first-order chi connectivity index (χ1) is 18.2. The quantitative estimate of drug-likeness (QED) is 0.404. The second kappa shape index (κ2) is 10.7. The predicted molar refractivity (Wildman–Crippen MR) is 143 cm³/mol. The molecule has 11 heteroatoms. The highest BCUT2D eigenvalue weighted by Gasteiger charge is 2.35. The van der Waals surface area contributed by atoms with Crippen LogP contribution in [0.4, 0.5) is 10.2 Å². The third kappa shape index (κ3) is 5.98. The summed E-state index contributed by atoms with van der Waals surface area (Å²) in [6.45, 7) is 5.90. The Hall–Kier alpha value is -3.47. The number of aromatic nitrogens is 3. The van der Waals surface area contributed by atoms with Crippen molar-refractivity contribution in [2.24, 2.45) is 17.8 Å². The van der Waals surface area contributed by atoms with Crippen LogP contribution < -0.4 is 14.4 Å². The summed E-state index contributed by atoms with van der Waals surface area (Å²) in [4.78, 5) is 20.1. The van der Waals surface area contributed by atoms with Gasteiger partial charge in [-0.15, -0.1) is 0 Å². The Bertz CT molecular complexity index is 1410. The predicted octanol–water partition coefficient (Wildman–Crippen LogP) is 4.64. The number of H-pyrrole nitrogens is 1. The number of ether oxygens (including phenoxy) is 1. The fourth-order valence-corrected chi connectivity index (χ4v) is 5.74. The van der Waals surface area contributed by atoms with Crippen LogP contribution >= 0.6 is 0 Å². The molecule has 2 fully saturated rings. The smallest absolute Gasteiger partial charge is 0.281 e. The zero-order valence-electron chi connectivity index (χ0n) is 21.5. The van der Waals surface area contributed by atoms with Crippen molar-refractivity contribution in [2.75, 3.05) is 24.6 Å². The second-order valence-corrected chi connectivity index (χ2v) is 12.1. The van der Waals surface area contributed by atoms with E-state index < -0.39 is 21.7 Å². The Labute approximate surface area is 223 Å². The Morgan fingerprint density at radius 1 is 1.21 bits per heavy atom. The number of nitrogens with one attached hydrogen (secondary N) is 2. The van der Waals surface area contributed by atoms with Crippen molar-refractivity contribution >= 4 is 21.7 Å². The molecular weight excluding hydrogens is 509 g/mol. The van der Waals surface area contributed by atoms with Gasteiger partial charge in [-0.1, -0.05) is 13.8 Å². The molecule has 1 aliphatic heterocycles. The summed E-state index contributed by atoms with van der Waals surface area (Å²) in [5.41, 5.74) is 1.12. The molecule has 3 aromatic rings. The highest BCUT2D eigenvalue weighted by molar-refractivity contribution is 7.90. The lowest BCUT2D eigenvalue weighted by molar-refractivity contribution is 0.0981. The highest BCUT2D eigenvalue weighted by atomic mass is 32.2. The minimum atomic E-state index is -4.14. The van der Waals surface area contributed by atoms with Gasteiger partial charge >= 0.3 is 0 Å². The first-order valence-corrected chi connectivity index (χ1v) is 14.4. The van der Waals surface area contributed by atoms with Gasteiger partial charge in [-0.3, -0.25) is 9.89 Å². The van der Waals surface area contributed by atoms with E-state index in [1.807, 2.05) is 13.8 Å². The molecule has 3 heterocycles. The molecule has 1 saturated heterocycles. The Morgan fingerprint density at radius 2 is 2.03 bits per heavy atom. The molecule has 9 nitrogen and oxygen atoms in total. The van der Waals surface area contributed by atoms with E-state index in [1.165, 1.54) is 37.2 Å². The van der Waals surface area contributed by atoms with E-state index >= 15 is 0 Å². The summed E-state index contributed by atoms with van der Waals surface area (Å²) in [7, 11) is -4.14. The van der Waals surface area contributed by atoms with Gasteiger partial charge in [-0.25, -0.2) is 14.1 Å². The number of carbonyl (C=O) groups excluding carboxylic acids is 1. The first-order valence-electron chi connectivity index (χ1n) is 13.0. The van der Waals surface area contributed by atoms with Crippen molar-refractivity contribution in [2.45, 2.75) is 44.6 Å². The first kappa shape index (κ1) is 26.1. The third-order valence-electron chi connectivity index (χ3n) is 6.91. The molecule has 5 rings (SSSR count). The van der Waals surface area contributed by atoms with Gasteiger partial charge in [-0.05, 0) is 73.8 Å². The fraction of sp³-hybridized carbons (Fsp3) is 0.444. The van der Waals surface area contributed by atoms with E-state index in [9.17, 15) is 17.6 Å². The molecule has 2 N–H and O–H groups in total. The third-order valence-corrected chi connectivity index (χ3v) is 8.17. The van der Waals surface area contributed by atoms with E-state index in [0.29, 0.717) is 47.8 Å². The van der Waals surface area contributed by atoms with Crippen molar-refractivity contribution in [1.82, 2.24) is 19.9 Å². The monoisotopic (exact) mass is 543 g/mol. The topological polar surface area (TPSA) is 117 Å². The van der Waals surface area contributed by atoms with Crippen molar-refractivity contribution in [3.63, 3.8) is 0 Å². The zero-order valence-corrected chi connectivity index (χ0v) is 22.3. The van der Waals surface area contributed by atoms with Crippen LogP contribution in [0, 0.1) is 23.6 Å². The van der Waals surface area contributed by atoms with Crippen molar-refractivity contribution in [1.29, 1.82) is 0 Å². The average molecular weight is 544 g/mol. The number of rotatable bonds is 9. The van der Waals surface area contributed by atoms with E-state index in [0.717, 1.165) is 19.4 Å². The lowest BCUT2D eigenvalue weighted by Gasteiger charge is -2.35. The Kier molecular flexibility index (Phi) is 7.38. The standard InChI is InChI=1S/C27H32FN5O4S.H2/c1-17(2)16-37-22-13-20(12-21(28)14-22)24-8-7-23(27(34)32-38(35,36)25-9-10-29-31-25)26(30-24)33-11-3-4-19(15-33)18-5-6-18;/h7-10,12-14,17-19H,3-6,11,15-16H2,1-2H3,(H,29,31)(H,32,34);1H. The maximum absolute atomic E-state index is 14.5. The van der Waals surface area contributed by atoms with E-state index in [4.69, 9.17) is 9.72 Å². The van der Waals surface area contributed by atoms with Crippen LogP contribution in [0.1, 0.15) is 51.3 Å². The molecule has 1 atom stereocenters. The molecule has 0 spiro atoms. The normalized spacial score (nSPS) is 18.0. The van der Waals surface area contributed by atoms with Gasteiger partial charge in [0.25, 0.3) is 15.9 Å². The van der Waals surface area contributed by atoms with E-state index in [2.05, 4.69) is 19.8 Å². The van der Waals surface area contributed by atoms with Crippen molar-refractivity contribution < 1.29 is 23.8 Å². The molecule has 1 aromatic carbocycles. The van der Waals surface area contributed by atoms with Gasteiger partial charge in [0, 0.05) is 26.1 Å². The van der Waals surface area contributed by atoms with E-state index in [1.54, 1.807) is 18.2 Å². The minimum Gasteiger partial charge on any atom is -0.493 e. The van der Waals surface area contributed by atoms with E-state index in [-0.39, 0.29) is 17.9 Å². The molecular formula is C27H34FN5O4S. The highest BCUT2D eigenvalue weighted by Crippen LogP contribution is 2.42. The number of hydrogen-bond donors (Lipinski definition) is 2. The van der Waals surface area contributed by atoms with Crippen molar-refractivity contribution in [3.05, 3.63) is 54.0 Å². The number of carbonyl (C=O) groups is 1. The largest absolute Gasteiger partial charge is 0.493 e. The summed E-state index contributed by atoms with van der Waals surface area (Å²) >= 11 is 0. The number of piperidine rings is 1. The van der Waals surface area contributed by atoms with Crippen LogP contribution in [0.3, 0.4) is 0 Å². The van der Waals surface area contributed by atoms with Gasteiger partial charge in [0.2, 0.25) is 0 Å². The number of anilines is 1. The van der Waals surface area contributed by atoms with Crippen molar-refractivity contribution in [3.8, 4) is 17.0 Å². The SMILES string of the molecule is CC(C)COc1cc(F)cc(-c2ccc(C(=O)NS(=O)(=O)c3ccn[nH]3)c(N3CCCC(C4CC4)C3)n2)c1.[HH]. The summed E-state index contributed by atoms with van der Waals surface area (Å²) < 4.78 is 47.8. The number of hydrogen-bond acceptors (Lipinski definition) is 7. The number of sulfonamides is 1. The zero-order chi connectivity index (χ0) is 26.9. The Balaban J connectivity index is 0.00000353. The van der Waals surface area contributed by atoms with Gasteiger partial charge in [0.05, 0.1) is 24.1 Å². The molecule has 1 unspecified atom stereocenters. The molecule has 0 bridgehead atoms. The van der Waals surface area contributed by atoms with Crippen LogP contribution in [0.5, 0.6) is 5.75 Å². The van der Waals surface area contributed by atoms with Gasteiger partial charge < -0.3 is 9.64 Å². The molecule has 2 aliphatic rings. The van der Waals surface area contributed by atoms with Gasteiger partial charge in [-0.2, -0.15) is 13.5 Å². The van der Waals surface area contributed by atoms with Gasteiger partial charge in [0.15, 0.2) is 5.03 Å². The van der Waals surface area contributed by atoms with Crippen LogP contribution in [-0.4, -0.2) is 49.2 Å². The maximum atomic E-state index is 14.5. The number of aromatic amines is 1. The fourth-order valence-electron chi connectivity index (χ4n) is 4.86. The minimum absolute atomic E-state index is 0. The van der Waals surface area contributed by atoms with Gasteiger partial charge in [0.1, 0.15) is 17.4 Å². The lowest BCUT2D eigenvalue weighted by Crippen LogP contribution is -2.39. The molecule has 1 aliphatic carbocycles. The molecule has 1 amide bonds. The lowest BCUT2D eigenvalue weighted by atomic mass is 9.93. The summed E-state index contributed by atoms with van der Waals surface area (Å²) in [6.07, 6.45) is 5.80. The Morgan fingerprint density at radius 3 is 2.74 bits per heavy atom. The average Bonchev–Trinajstić information content (AvgIpc) is 3.59. The molecule has 204 valence electrons. The molecule has 0 radical (unpaired) electrons. The summed E-state index contributed by atoms with van der Waals surface area (Å²) in [5.74, 6) is 1.01.